The smallest absolute Gasteiger partial charge is 0.262 e. The number of ether oxygens (including phenoxy) is 1. The summed E-state index contributed by atoms with van der Waals surface area (Å²) in [6, 6.07) is 31.7. The Morgan fingerprint density at radius 3 is 2.42 bits per heavy atom. The Balaban J connectivity index is 1.31. The fourth-order valence-corrected chi connectivity index (χ4v) is 5.97. The number of phenolic OH excluding ortho intramolecular Hbond substituents is 1. The molecule has 1 saturated heterocycles. The molecule has 6 rings (SSSR count). The molecule has 5 aromatic rings. The van der Waals surface area contributed by atoms with Crippen LogP contribution in [0.15, 0.2) is 109 Å². The third kappa shape index (κ3) is 5.67. The van der Waals surface area contributed by atoms with Crippen LogP contribution in [-0.4, -0.2) is 32.3 Å². The van der Waals surface area contributed by atoms with E-state index in [0.29, 0.717) is 16.5 Å². The monoisotopic (exact) mass is 589 g/mol. The van der Waals surface area contributed by atoms with E-state index in [2.05, 4.69) is 38.1 Å². The molecule has 3 aromatic carbocycles. The largest absolute Gasteiger partial charge is 0.506 e. The van der Waals surface area contributed by atoms with Gasteiger partial charge in [0.15, 0.2) is 11.7 Å². The number of hydrogen-bond acceptors (Lipinski definition) is 5. The lowest BCUT2D eigenvalue weighted by atomic mass is 9.96. The van der Waals surface area contributed by atoms with E-state index < -0.39 is 0 Å². The third-order valence-corrected chi connectivity index (χ3v) is 7.87. The summed E-state index contributed by atoms with van der Waals surface area (Å²) in [6.45, 7) is 4.00. The molecule has 0 spiro atoms. The fraction of sp³-hybridized carbons (Fsp3) is 0.147. The number of aromatic hydroxyl groups is 1. The highest BCUT2D eigenvalue weighted by Gasteiger charge is 2.42. The predicted octanol–water partition coefficient (Wildman–Crippen LogP) is 6.39. The van der Waals surface area contributed by atoms with Crippen LogP contribution in [0.2, 0.25) is 0 Å². The van der Waals surface area contributed by atoms with Crippen molar-refractivity contribution < 1.29 is 14.6 Å². The number of rotatable bonds is 8. The summed E-state index contributed by atoms with van der Waals surface area (Å²) in [4.78, 5) is 19.3. The van der Waals surface area contributed by atoms with Crippen molar-refractivity contribution in [2.24, 2.45) is 0 Å². The molecule has 0 bridgehead atoms. The first-order chi connectivity index (χ1) is 20.9. The molecule has 1 fully saturated rings. The van der Waals surface area contributed by atoms with Crippen LogP contribution in [0.5, 0.6) is 11.5 Å². The minimum Gasteiger partial charge on any atom is -0.506 e. The number of benzene rings is 3. The summed E-state index contributed by atoms with van der Waals surface area (Å²) in [6.07, 6.45) is 1.78. The van der Waals surface area contributed by atoms with Crippen LogP contribution < -0.4 is 20.3 Å². The summed E-state index contributed by atoms with van der Waals surface area (Å²) < 4.78 is 7.63. The number of phenols is 1. The average molecular weight is 590 g/mol. The van der Waals surface area contributed by atoms with E-state index in [1.165, 1.54) is 0 Å². The van der Waals surface area contributed by atoms with Crippen molar-refractivity contribution in [3.8, 4) is 17.2 Å². The molecule has 0 unspecified atom stereocenters. The van der Waals surface area contributed by atoms with Crippen molar-refractivity contribution in [3.05, 3.63) is 132 Å². The number of amides is 1. The number of anilines is 2. The minimum atomic E-state index is -0.250. The van der Waals surface area contributed by atoms with Crippen LogP contribution in [-0.2, 0) is 4.79 Å². The maximum atomic E-state index is 12.5. The number of aromatic nitrogens is 2. The highest BCUT2D eigenvalue weighted by atomic mass is 32.1. The van der Waals surface area contributed by atoms with Crippen molar-refractivity contribution in [2.75, 3.05) is 16.8 Å². The topological polar surface area (TPSA) is 91.7 Å². The van der Waals surface area contributed by atoms with Gasteiger partial charge in [0, 0.05) is 29.0 Å². The first-order valence-corrected chi connectivity index (χ1v) is 14.4. The number of carbonyl (C=O) groups is 1. The van der Waals surface area contributed by atoms with E-state index in [9.17, 15) is 9.90 Å². The van der Waals surface area contributed by atoms with Gasteiger partial charge < -0.3 is 29.9 Å². The maximum Gasteiger partial charge on any atom is 0.262 e. The average Bonchev–Trinajstić information content (AvgIpc) is 3.52. The lowest BCUT2D eigenvalue weighted by Gasteiger charge is -2.28. The van der Waals surface area contributed by atoms with Gasteiger partial charge in [-0.25, -0.2) is 0 Å². The molecular formula is C34H31N5O3S. The molecule has 1 aliphatic rings. The zero-order chi connectivity index (χ0) is 29.9. The van der Waals surface area contributed by atoms with Crippen molar-refractivity contribution in [1.82, 2.24) is 14.9 Å². The van der Waals surface area contributed by atoms with Gasteiger partial charge in [-0.3, -0.25) is 9.78 Å². The predicted molar refractivity (Wildman–Crippen MR) is 172 cm³/mol. The van der Waals surface area contributed by atoms with E-state index in [0.717, 1.165) is 34.0 Å². The Kier molecular flexibility index (Phi) is 7.81. The van der Waals surface area contributed by atoms with Gasteiger partial charge in [-0.05, 0) is 98.4 Å². The summed E-state index contributed by atoms with van der Waals surface area (Å²) in [5.74, 6) is 0.596. The Hall–Kier alpha value is -5.15. The molecule has 216 valence electrons. The number of hydrogen-bond donors (Lipinski definition) is 3. The number of thiocarbonyl (C=S) groups is 1. The Morgan fingerprint density at radius 2 is 1.70 bits per heavy atom. The van der Waals surface area contributed by atoms with Gasteiger partial charge in [0.05, 0.1) is 23.5 Å². The van der Waals surface area contributed by atoms with Crippen molar-refractivity contribution >= 4 is 34.6 Å². The molecule has 3 N–H and O–H groups in total. The van der Waals surface area contributed by atoms with E-state index in [1.807, 2.05) is 97.9 Å². The number of para-hydroxylation sites is 3. The number of pyridine rings is 1. The van der Waals surface area contributed by atoms with Gasteiger partial charge in [0.1, 0.15) is 11.5 Å². The quantitative estimate of drug-likeness (QED) is 0.181. The van der Waals surface area contributed by atoms with Crippen LogP contribution in [0.4, 0.5) is 11.4 Å². The SMILES string of the molecule is Cc1cc([C@@H]2[C@@H](c3ccccn3)NC(=S)N2c2ccc(NC(=O)COc3ccccc3)cc2)c(C)n1-c1ccccc1O. The highest BCUT2D eigenvalue weighted by molar-refractivity contribution is 7.80. The van der Waals surface area contributed by atoms with Gasteiger partial charge in [0.2, 0.25) is 0 Å². The lowest BCUT2D eigenvalue weighted by Crippen LogP contribution is -2.29. The number of nitrogens with one attached hydrogen (secondary N) is 2. The van der Waals surface area contributed by atoms with Gasteiger partial charge in [0.25, 0.3) is 5.91 Å². The molecule has 8 nitrogen and oxygen atoms in total. The van der Waals surface area contributed by atoms with Gasteiger partial charge in [-0.2, -0.15) is 0 Å². The summed E-state index contributed by atoms with van der Waals surface area (Å²) in [5, 5.41) is 17.6. The van der Waals surface area contributed by atoms with Crippen molar-refractivity contribution in [1.29, 1.82) is 0 Å². The molecule has 1 aliphatic heterocycles. The molecule has 2 aromatic heterocycles. The standard InChI is InChI=1S/C34H31N5O3S/c1-22-20-27(23(2)38(22)29-13-6-7-14-30(29)40)33-32(28-12-8-9-19-35-28)37-34(43)39(33)25-17-15-24(16-18-25)36-31(41)21-42-26-10-4-3-5-11-26/h3-20,32-33,40H,21H2,1-2H3,(H,36,41)(H,37,43)/t32-,33-/m1/s1. The Morgan fingerprint density at radius 1 is 0.977 bits per heavy atom. The first-order valence-electron chi connectivity index (χ1n) is 14.0. The van der Waals surface area contributed by atoms with E-state index in [-0.39, 0.29) is 30.3 Å². The molecular weight excluding hydrogens is 558 g/mol. The van der Waals surface area contributed by atoms with Crippen LogP contribution in [0.3, 0.4) is 0 Å². The second kappa shape index (κ2) is 12.0. The number of carbonyl (C=O) groups excluding carboxylic acids is 1. The summed E-state index contributed by atoms with van der Waals surface area (Å²) >= 11 is 5.91. The van der Waals surface area contributed by atoms with Crippen LogP contribution >= 0.6 is 12.2 Å². The van der Waals surface area contributed by atoms with Gasteiger partial charge >= 0.3 is 0 Å². The number of nitrogens with zero attached hydrogens (tertiary/aromatic N) is 3. The molecule has 2 atom stereocenters. The summed E-state index contributed by atoms with van der Waals surface area (Å²) in [7, 11) is 0. The first kappa shape index (κ1) is 28.0. The fourth-order valence-electron chi connectivity index (χ4n) is 5.63. The third-order valence-electron chi connectivity index (χ3n) is 7.55. The summed E-state index contributed by atoms with van der Waals surface area (Å²) in [5.41, 5.74) is 6.14. The van der Waals surface area contributed by atoms with Crippen LogP contribution in [0, 0.1) is 13.8 Å². The van der Waals surface area contributed by atoms with Crippen molar-refractivity contribution in [2.45, 2.75) is 25.9 Å². The van der Waals surface area contributed by atoms with E-state index in [1.54, 1.807) is 12.3 Å². The van der Waals surface area contributed by atoms with Gasteiger partial charge in [-0.1, -0.05) is 36.4 Å². The van der Waals surface area contributed by atoms with E-state index in [4.69, 9.17) is 17.0 Å². The highest BCUT2D eigenvalue weighted by Crippen LogP contribution is 2.44. The molecule has 1 amide bonds. The zero-order valence-electron chi connectivity index (χ0n) is 23.8. The Bertz CT molecular complexity index is 1760. The van der Waals surface area contributed by atoms with E-state index >= 15 is 0 Å². The number of aryl methyl sites for hydroxylation is 1. The zero-order valence-corrected chi connectivity index (χ0v) is 24.6. The van der Waals surface area contributed by atoms with Gasteiger partial charge in [-0.15, -0.1) is 0 Å². The lowest BCUT2D eigenvalue weighted by molar-refractivity contribution is -0.118. The molecule has 0 saturated carbocycles. The molecule has 0 radical (unpaired) electrons. The van der Waals surface area contributed by atoms with Crippen molar-refractivity contribution in [3.63, 3.8) is 0 Å². The Labute approximate surface area is 255 Å². The normalized spacial score (nSPS) is 16.1. The molecule has 9 heteroatoms. The van der Waals surface area contributed by atoms with Crippen LogP contribution in [0.1, 0.15) is 34.7 Å². The second-order valence-electron chi connectivity index (χ2n) is 10.3. The maximum absolute atomic E-state index is 12.5. The molecule has 0 aliphatic carbocycles. The molecule has 43 heavy (non-hydrogen) atoms. The second-order valence-corrected chi connectivity index (χ2v) is 10.7. The van der Waals surface area contributed by atoms with Crippen LogP contribution in [0.25, 0.3) is 5.69 Å². The molecule has 3 heterocycles. The minimum absolute atomic E-state index is 0.0910.